The molecule has 6 heteroatoms. The Hall–Kier alpha value is -2.99. The molecule has 0 aromatic heterocycles. The van der Waals surface area contributed by atoms with Crippen molar-refractivity contribution in [1.29, 1.82) is 0 Å². The molecule has 1 fully saturated rings. The molecule has 0 bridgehead atoms. The minimum Gasteiger partial charge on any atom is -0.466 e. The summed E-state index contributed by atoms with van der Waals surface area (Å²) in [5.74, 6) is -0.356. The number of nitrogens with zero attached hydrogens (tertiary/aromatic N) is 3. The summed E-state index contributed by atoms with van der Waals surface area (Å²) in [6.45, 7) is 5.89. The van der Waals surface area contributed by atoms with Crippen LogP contribution in [0.2, 0.25) is 0 Å². The van der Waals surface area contributed by atoms with Crippen LogP contribution in [0.4, 0.5) is 0 Å². The number of hydrazone groups is 1. The topological polar surface area (TPSA) is 62.2 Å². The van der Waals surface area contributed by atoms with Crippen LogP contribution in [-0.4, -0.2) is 53.7 Å². The number of rotatable bonds is 6. The molecule has 0 saturated carbocycles. The highest BCUT2D eigenvalue weighted by Crippen LogP contribution is 2.33. The average Bonchev–Trinajstić information content (AvgIpc) is 3.26. The highest BCUT2D eigenvalue weighted by Gasteiger charge is 2.35. The quantitative estimate of drug-likeness (QED) is 0.647. The lowest BCUT2D eigenvalue weighted by Gasteiger charge is -2.32. The third-order valence-corrected chi connectivity index (χ3v) is 6.22. The van der Waals surface area contributed by atoms with Crippen LogP contribution >= 0.6 is 0 Å². The van der Waals surface area contributed by atoms with E-state index in [9.17, 15) is 9.59 Å². The van der Waals surface area contributed by atoms with Gasteiger partial charge >= 0.3 is 5.97 Å². The molecule has 168 valence electrons. The van der Waals surface area contributed by atoms with Crippen LogP contribution in [0, 0.1) is 12.8 Å². The van der Waals surface area contributed by atoms with Crippen LogP contribution in [0.15, 0.2) is 59.7 Å². The van der Waals surface area contributed by atoms with Crippen molar-refractivity contribution in [2.45, 2.75) is 39.2 Å². The molecule has 1 saturated heterocycles. The maximum absolute atomic E-state index is 13.4. The second-order valence-corrected chi connectivity index (χ2v) is 8.61. The van der Waals surface area contributed by atoms with E-state index in [4.69, 9.17) is 9.84 Å². The minimum atomic E-state index is -0.161. The SMILES string of the molecule is CCOC(=O)[C@H]1CCCN(CC(=O)N2N=C(c3ccccc3)C[C@@H]2c2ccc(C)cc2)C1. The molecule has 2 aliphatic heterocycles. The number of benzene rings is 2. The predicted octanol–water partition coefficient (Wildman–Crippen LogP) is 3.95. The van der Waals surface area contributed by atoms with E-state index in [2.05, 4.69) is 36.1 Å². The predicted molar refractivity (Wildman–Crippen MR) is 124 cm³/mol. The standard InChI is InChI=1S/C26H31N3O3/c1-3-32-26(31)22-10-7-15-28(17-22)18-25(30)29-24(21-13-11-19(2)12-14-21)16-23(27-29)20-8-5-4-6-9-20/h4-6,8-9,11-14,22,24H,3,7,10,15-18H2,1-2H3/t22-,24+/m0/s1. The molecule has 2 aromatic rings. The minimum absolute atomic E-state index is 0.0361. The first-order valence-corrected chi connectivity index (χ1v) is 11.5. The number of piperidine rings is 1. The molecule has 32 heavy (non-hydrogen) atoms. The van der Waals surface area contributed by atoms with Crippen LogP contribution in [0.3, 0.4) is 0 Å². The van der Waals surface area contributed by atoms with Gasteiger partial charge in [0.05, 0.1) is 30.8 Å². The summed E-state index contributed by atoms with van der Waals surface area (Å²) in [4.78, 5) is 27.7. The zero-order valence-electron chi connectivity index (χ0n) is 18.9. The lowest BCUT2D eigenvalue weighted by Crippen LogP contribution is -2.44. The van der Waals surface area contributed by atoms with E-state index in [1.807, 2.05) is 37.3 Å². The van der Waals surface area contributed by atoms with Crippen LogP contribution in [0.25, 0.3) is 0 Å². The fourth-order valence-electron chi connectivity index (χ4n) is 4.51. The summed E-state index contributed by atoms with van der Waals surface area (Å²) < 4.78 is 5.20. The van der Waals surface area contributed by atoms with Gasteiger partial charge in [-0.3, -0.25) is 14.5 Å². The van der Waals surface area contributed by atoms with Gasteiger partial charge in [-0.1, -0.05) is 60.2 Å². The molecule has 6 nitrogen and oxygen atoms in total. The summed E-state index contributed by atoms with van der Waals surface area (Å²) in [6.07, 6.45) is 2.39. The molecule has 2 heterocycles. The van der Waals surface area contributed by atoms with E-state index in [1.165, 1.54) is 5.56 Å². The number of carbonyl (C=O) groups is 2. The fraction of sp³-hybridized carbons (Fsp3) is 0.423. The van der Waals surface area contributed by atoms with Crippen molar-refractivity contribution in [2.75, 3.05) is 26.2 Å². The van der Waals surface area contributed by atoms with Gasteiger partial charge in [-0.25, -0.2) is 5.01 Å². The summed E-state index contributed by atoms with van der Waals surface area (Å²) in [7, 11) is 0. The third kappa shape index (κ3) is 5.07. The van der Waals surface area contributed by atoms with Crippen LogP contribution in [0.1, 0.15) is 48.9 Å². The molecule has 4 rings (SSSR count). The summed E-state index contributed by atoms with van der Waals surface area (Å²) in [6, 6.07) is 18.2. The normalized spacial score (nSPS) is 21.3. The number of ether oxygens (including phenoxy) is 1. The number of carbonyl (C=O) groups excluding carboxylic acids is 2. The number of hydrogen-bond donors (Lipinski definition) is 0. The van der Waals surface area contributed by atoms with Crippen molar-refractivity contribution in [1.82, 2.24) is 9.91 Å². The van der Waals surface area contributed by atoms with Gasteiger partial charge in [-0.2, -0.15) is 5.10 Å². The molecule has 0 aliphatic carbocycles. The van der Waals surface area contributed by atoms with Crippen LogP contribution < -0.4 is 0 Å². The number of aryl methyl sites for hydroxylation is 1. The van der Waals surface area contributed by atoms with Gasteiger partial charge in [0.2, 0.25) is 0 Å². The van der Waals surface area contributed by atoms with Gasteiger partial charge in [0.25, 0.3) is 5.91 Å². The molecule has 0 unspecified atom stereocenters. The molecule has 2 aliphatic rings. The zero-order chi connectivity index (χ0) is 22.5. The molecular formula is C26H31N3O3. The highest BCUT2D eigenvalue weighted by atomic mass is 16.5. The Kier molecular flexibility index (Phi) is 7.00. The number of hydrogen-bond acceptors (Lipinski definition) is 5. The molecule has 2 aromatic carbocycles. The first-order chi connectivity index (χ1) is 15.5. The third-order valence-electron chi connectivity index (χ3n) is 6.22. The van der Waals surface area contributed by atoms with Gasteiger partial charge < -0.3 is 4.74 Å². The average molecular weight is 434 g/mol. The Morgan fingerprint density at radius 1 is 1.09 bits per heavy atom. The van der Waals surface area contributed by atoms with E-state index in [-0.39, 0.29) is 30.4 Å². The van der Waals surface area contributed by atoms with Crippen molar-refractivity contribution in [3.8, 4) is 0 Å². The van der Waals surface area contributed by atoms with E-state index >= 15 is 0 Å². The first-order valence-electron chi connectivity index (χ1n) is 11.5. The van der Waals surface area contributed by atoms with Crippen molar-refractivity contribution in [3.63, 3.8) is 0 Å². The first kappa shape index (κ1) is 22.2. The Morgan fingerprint density at radius 3 is 2.56 bits per heavy atom. The number of likely N-dealkylation sites (tertiary alicyclic amines) is 1. The van der Waals surface area contributed by atoms with Gasteiger partial charge in [-0.15, -0.1) is 0 Å². The van der Waals surface area contributed by atoms with Gasteiger partial charge in [0, 0.05) is 13.0 Å². The van der Waals surface area contributed by atoms with E-state index in [1.54, 1.807) is 5.01 Å². The number of esters is 1. The second-order valence-electron chi connectivity index (χ2n) is 8.61. The van der Waals surface area contributed by atoms with Gasteiger partial charge in [0.1, 0.15) is 0 Å². The lowest BCUT2D eigenvalue weighted by atomic mass is 9.97. The summed E-state index contributed by atoms with van der Waals surface area (Å²) in [5, 5.41) is 6.42. The van der Waals surface area contributed by atoms with Gasteiger partial charge in [0.15, 0.2) is 0 Å². The highest BCUT2D eigenvalue weighted by molar-refractivity contribution is 6.03. The van der Waals surface area contributed by atoms with E-state index in [0.29, 0.717) is 19.6 Å². The monoisotopic (exact) mass is 433 g/mol. The van der Waals surface area contributed by atoms with Crippen molar-refractivity contribution in [3.05, 3.63) is 71.3 Å². The Labute approximate surface area is 189 Å². The maximum atomic E-state index is 13.4. The maximum Gasteiger partial charge on any atom is 0.310 e. The molecule has 1 amide bonds. The smallest absolute Gasteiger partial charge is 0.310 e. The summed E-state index contributed by atoms with van der Waals surface area (Å²) >= 11 is 0. The van der Waals surface area contributed by atoms with Crippen LogP contribution in [-0.2, 0) is 14.3 Å². The van der Waals surface area contributed by atoms with Crippen molar-refractivity contribution >= 4 is 17.6 Å². The van der Waals surface area contributed by atoms with Crippen LogP contribution in [0.5, 0.6) is 0 Å². The Bertz CT molecular complexity index is 972. The molecule has 0 N–H and O–H groups in total. The zero-order valence-corrected chi connectivity index (χ0v) is 18.9. The Balaban J connectivity index is 1.52. The van der Waals surface area contributed by atoms with E-state index < -0.39 is 0 Å². The number of amides is 1. The fourth-order valence-corrected chi connectivity index (χ4v) is 4.51. The lowest BCUT2D eigenvalue weighted by molar-refractivity contribution is -0.150. The molecule has 0 radical (unpaired) electrons. The Morgan fingerprint density at radius 2 is 1.84 bits per heavy atom. The largest absolute Gasteiger partial charge is 0.466 e. The molecule has 2 atom stereocenters. The molecular weight excluding hydrogens is 402 g/mol. The van der Waals surface area contributed by atoms with Crippen molar-refractivity contribution < 1.29 is 14.3 Å². The van der Waals surface area contributed by atoms with Crippen molar-refractivity contribution in [2.24, 2.45) is 11.0 Å². The van der Waals surface area contributed by atoms with E-state index in [0.717, 1.165) is 36.2 Å². The van der Waals surface area contributed by atoms with Gasteiger partial charge in [-0.05, 0) is 44.4 Å². The second kappa shape index (κ2) is 10.1. The molecule has 0 spiro atoms. The summed E-state index contributed by atoms with van der Waals surface area (Å²) in [5.41, 5.74) is 4.24.